The molecule has 1 aliphatic rings. The number of sulfone groups is 1. The van der Waals surface area contributed by atoms with Crippen LogP contribution in [0.5, 0.6) is 0 Å². The maximum absolute atomic E-state index is 12.4. The minimum Gasteiger partial charge on any atom is -0.368 e. The van der Waals surface area contributed by atoms with Gasteiger partial charge in [0.05, 0.1) is 22.9 Å². The molecule has 1 aromatic heterocycles. The Morgan fingerprint density at radius 3 is 2.75 bits per heavy atom. The number of carbonyl (C=O) groups excluding carboxylic acids is 1. The summed E-state index contributed by atoms with van der Waals surface area (Å²) in [5.74, 6) is -0.225. The molecule has 1 aromatic carbocycles. The molecule has 0 atom stereocenters. The number of amides is 1. The molecule has 126 valence electrons. The minimum absolute atomic E-state index is 0.0485. The molecule has 0 radical (unpaired) electrons. The van der Waals surface area contributed by atoms with Crippen LogP contribution in [0.15, 0.2) is 41.4 Å². The van der Waals surface area contributed by atoms with Crippen molar-refractivity contribution < 1.29 is 13.2 Å². The molecular formula is C16H18N4O3S. The van der Waals surface area contributed by atoms with Crippen molar-refractivity contribution in [3.8, 4) is 0 Å². The molecule has 0 fully saturated rings. The fourth-order valence-electron chi connectivity index (χ4n) is 2.66. The summed E-state index contributed by atoms with van der Waals surface area (Å²) < 4.78 is 24.5. The van der Waals surface area contributed by atoms with Gasteiger partial charge in [-0.25, -0.2) is 18.4 Å². The first-order valence-electron chi connectivity index (χ1n) is 7.61. The van der Waals surface area contributed by atoms with Gasteiger partial charge in [0.2, 0.25) is 11.9 Å². The number of fused-ring (bicyclic) bond motifs is 1. The lowest BCUT2D eigenvalue weighted by atomic mass is 10.1. The predicted molar refractivity (Wildman–Crippen MR) is 88.7 cm³/mol. The molecule has 8 heteroatoms. The Morgan fingerprint density at radius 1 is 1.25 bits per heavy atom. The van der Waals surface area contributed by atoms with Crippen LogP contribution in [0.2, 0.25) is 0 Å². The zero-order valence-electron chi connectivity index (χ0n) is 13.1. The number of anilines is 1. The number of hydrogen-bond donors (Lipinski definition) is 1. The van der Waals surface area contributed by atoms with E-state index in [-0.39, 0.29) is 28.9 Å². The molecule has 3 rings (SSSR count). The zero-order valence-corrected chi connectivity index (χ0v) is 13.9. The molecule has 7 nitrogen and oxygen atoms in total. The Bertz CT molecular complexity index is 853. The van der Waals surface area contributed by atoms with Gasteiger partial charge in [-0.15, -0.1) is 0 Å². The molecule has 0 saturated carbocycles. The Hall–Kier alpha value is -2.48. The summed E-state index contributed by atoms with van der Waals surface area (Å²) in [5.41, 5.74) is 7.29. The molecule has 2 aromatic rings. The molecule has 2 N–H and O–H groups in total. The smallest absolute Gasteiger partial charge is 0.223 e. The van der Waals surface area contributed by atoms with E-state index in [1.54, 1.807) is 29.3 Å². The van der Waals surface area contributed by atoms with E-state index >= 15 is 0 Å². The Morgan fingerprint density at radius 2 is 2.00 bits per heavy atom. The summed E-state index contributed by atoms with van der Waals surface area (Å²) in [6.07, 6.45) is 2.28. The second-order valence-electron chi connectivity index (χ2n) is 5.65. The largest absolute Gasteiger partial charge is 0.368 e. The minimum atomic E-state index is -3.45. The van der Waals surface area contributed by atoms with Gasteiger partial charge in [-0.1, -0.05) is 18.2 Å². The highest BCUT2D eigenvalue weighted by Gasteiger charge is 2.24. The van der Waals surface area contributed by atoms with Crippen molar-refractivity contribution in [1.29, 1.82) is 0 Å². The van der Waals surface area contributed by atoms with E-state index in [4.69, 9.17) is 5.73 Å². The maximum Gasteiger partial charge on any atom is 0.223 e. The second kappa shape index (κ2) is 6.56. The van der Waals surface area contributed by atoms with Crippen molar-refractivity contribution in [1.82, 2.24) is 14.9 Å². The van der Waals surface area contributed by atoms with Crippen molar-refractivity contribution in [2.75, 3.05) is 18.0 Å². The number of hydrogen-bond acceptors (Lipinski definition) is 6. The first-order chi connectivity index (χ1) is 11.5. The van der Waals surface area contributed by atoms with Gasteiger partial charge in [-0.05, 0) is 24.1 Å². The maximum atomic E-state index is 12.4. The Kier molecular flexibility index (Phi) is 4.48. The summed E-state index contributed by atoms with van der Waals surface area (Å²) in [7, 11) is -3.45. The van der Waals surface area contributed by atoms with Crippen LogP contribution < -0.4 is 5.73 Å². The van der Waals surface area contributed by atoms with Crippen molar-refractivity contribution in [3.05, 3.63) is 47.8 Å². The standard InChI is InChI=1S/C16H18N4O3S/c17-16-18-10-12-6-8-20(11-14(12)19-16)15(21)7-9-24(22,23)13-4-2-1-3-5-13/h1-5,10H,6-9,11H2,(H2,17,18,19). The zero-order chi connectivity index (χ0) is 17.2. The summed E-state index contributed by atoms with van der Waals surface area (Å²) in [5, 5.41) is 0. The normalized spacial score (nSPS) is 14.2. The molecule has 0 aliphatic carbocycles. The van der Waals surface area contributed by atoms with Gasteiger partial charge in [0, 0.05) is 19.2 Å². The fourth-order valence-corrected chi connectivity index (χ4v) is 3.91. The Balaban J connectivity index is 1.64. The van der Waals surface area contributed by atoms with Gasteiger partial charge in [0.15, 0.2) is 9.84 Å². The van der Waals surface area contributed by atoms with E-state index in [0.717, 1.165) is 11.3 Å². The van der Waals surface area contributed by atoms with Crippen LogP contribution in [-0.2, 0) is 27.6 Å². The van der Waals surface area contributed by atoms with Crippen molar-refractivity contribution in [3.63, 3.8) is 0 Å². The van der Waals surface area contributed by atoms with Crippen LogP contribution in [-0.4, -0.2) is 41.5 Å². The van der Waals surface area contributed by atoms with Gasteiger partial charge in [-0.2, -0.15) is 0 Å². The Labute approximate surface area is 140 Å². The van der Waals surface area contributed by atoms with E-state index in [1.165, 1.54) is 12.1 Å². The highest BCUT2D eigenvalue weighted by atomic mass is 32.2. The topological polar surface area (TPSA) is 106 Å². The van der Waals surface area contributed by atoms with Gasteiger partial charge >= 0.3 is 0 Å². The van der Waals surface area contributed by atoms with Crippen molar-refractivity contribution in [2.45, 2.75) is 24.3 Å². The molecule has 24 heavy (non-hydrogen) atoms. The summed E-state index contributed by atoms with van der Waals surface area (Å²) in [6, 6.07) is 8.16. The van der Waals surface area contributed by atoms with E-state index in [0.29, 0.717) is 19.5 Å². The van der Waals surface area contributed by atoms with Crippen LogP contribution in [0, 0.1) is 0 Å². The third-order valence-corrected chi connectivity index (χ3v) is 5.74. The van der Waals surface area contributed by atoms with E-state index in [9.17, 15) is 13.2 Å². The van der Waals surface area contributed by atoms with Gasteiger partial charge in [0.25, 0.3) is 0 Å². The van der Waals surface area contributed by atoms with Crippen molar-refractivity contribution >= 4 is 21.7 Å². The SMILES string of the molecule is Nc1ncc2c(n1)CN(C(=O)CCS(=O)(=O)c1ccccc1)CC2. The third-order valence-electron chi connectivity index (χ3n) is 4.00. The third kappa shape index (κ3) is 3.53. The van der Waals surface area contributed by atoms with Crippen LogP contribution in [0.3, 0.4) is 0 Å². The van der Waals surface area contributed by atoms with Crippen LogP contribution in [0.25, 0.3) is 0 Å². The molecule has 0 saturated heterocycles. The average Bonchev–Trinajstić information content (AvgIpc) is 2.60. The molecule has 2 heterocycles. The number of benzene rings is 1. The predicted octanol–water partition coefficient (Wildman–Crippen LogP) is 0.807. The van der Waals surface area contributed by atoms with Crippen LogP contribution in [0.1, 0.15) is 17.7 Å². The lowest BCUT2D eigenvalue weighted by Crippen LogP contribution is -2.37. The summed E-state index contributed by atoms with van der Waals surface area (Å²) in [4.78, 5) is 22.3. The molecule has 0 spiro atoms. The molecule has 0 unspecified atom stereocenters. The molecular weight excluding hydrogens is 328 g/mol. The number of aromatic nitrogens is 2. The molecule has 1 amide bonds. The number of nitrogens with zero attached hydrogens (tertiary/aromatic N) is 3. The quantitative estimate of drug-likeness (QED) is 0.878. The molecule has 0 bridgehead atoms. The lowest BCUT2D eigenvalue weighted by molar-refractivity contribution is -0.131. The van der Waals surface area contributed by atoms with E-state index in [1.807, 2.05) is 0 Å². The first-order valence-corrected chi connectivity index (χ1v) is 9.27. The second-order valence-corrected chi connectivity index (χ2v) is 7.76. The van der Waals surface area contributed by atoms with Gasteiger partial charge < -0.3 is 10.6 Å². The highest BCUT2D eigenvalue weighted by Crippen LogP contribution is 2.18. The number of carbonyl (C=O) groups is 1. The first kappa shape index (κ1) is 16.4. The summed E-state index contributed by atoms with van der Waals surface area (Å²) >= 11 is 0. The van der Waals surface area contributed by atoms with Crippen LogP contribution >= 0.6 is 0 Å². The highest BCUT2D eigenvalue weighted by molar-refractivity contribution is 7.91. The monoisotopic (exact) mass is 346 g/mol. The number of nitrogens with two attached hydrogens (primary N) is 1. The number of nitrogen functional groups attached to an aromatic ring is 1. The fraction of sp³-hybridized carbons (Fsp3) is 0.312. The van der Waals surface area contributed by atoms with Gasteiger partial charge in [0.1, 0.15) is 0 Å². The number of rotatable bonds is 4. The van der Waals surface area contributed by atoms with E-state index in [2.05, 4.69) is 9.97 Å². The lowest BCUT2D eigenvalue weighted by Gasteiger charge is -2.28. The van der Waals surface area contributed by atoms with Crippen molar-refractivity contribution in [2.24, 2.45) is 0 Å². The van der Waals surface area contributed by atoms with Crippen LogP contribution in [0.4, 0.5) is 5.95 Å². The molecule has 1 aliphatic heterocycles. The van der Waals surface area contributed by atoms with E-state index < -0.39 is 9.84 Å². The van der Waals surface area contributed by atoms with Gasteiger partial charge in [-0.3, -0.25) is 4.79 Å². The summed E-state index contributed by atoms with van der Waals surface area (Å²) in [6.45, 7) is 0.872. The average molecular weight is 346 g/mol.